The van der Waals surface area contributed by atoms with E-state index in [0.29, 0.717) is 24.6 Å². The molecule has 6 heteroatoms. The maximum atomic E-state index is 12.4. The third-order valence-corrected chi connectivity index (χ3v) is 8.63. The van der Waals surface area contributed by atoms with E-state index in [2.05, 4.69) is 27.7 Å². The molecule has 1 saturated carbocycles. The number of benzene rings is 2. The van der Waals surface area contributed by atoms with Gasteiger partial charge in [0.25, 0.3) is 5.91 Å². The molecule has 0 aromatic heterocycles. The van der Waals surface area contributed by atoms with Crippen molar-refractivity contribution in [3.63, 3.8) is 0 Å². The normalized spacial score (nSPS) is 19.5. The lowest BCUT2D eigenvalue weighted by Gasteiger charge is -2.30. The van der Waals surface area contributed by atoms with Crippen LogP contribution in [0.15, 0.2) is 48.5 Å². The number of nitrogens with one attached hydrogen (secondary N) is 2. The predicted molar refractivity (Wildman–Crippen MR) is 161 cm³/mol. The van der Waals surface area contributed by atoms with Gasteiger partial charge in [-0.05, 0) is 99.6 Å². The van der Waals surface area contributed by atoms with E-state index in [0.717, 1.165) is 69.6 Å². The standard InChI is InChI=1S/C34H47N3O3/c1-25(2)33(39)30-14-13-27-18-22-37(23-19-29(27)24-30)21-17-26-11-15-31(16-12-26)36-32(38)10-6-7-20-35-34(40)28-8-4-3-5-9-28/h3-5,8-9,13-14,24-26,31H,6-7,10-12,15-23H2,1-2H3,(H,35,40)(H,36,38). The van der Waals surface area contributed by atoms with Crippen molar-refractivity contribution in [3.8, 4) is 0 Å². The zero-order chi connectivity index (χ0) is 28.3. The molecule has 0 saturated heterocycles. The van der Waals surface area contributed by atoms with Crippen LogP contribution in [0.4, 0.5) is 0 Å². The first-order chi connectivity index (χ1) is 19.4. The minimum atomic E-state index is -0.0591. The van der Waals surface area contributed by atoms with Gasteiger partial charge in [-0.15, -0.1) is 0 Å². The van der Waals surface area contributed by atoms with Crippen molar-refractivity contribution in [1.82, 2.24) is 15.5 Å². The molecule has 1 aliphatic heterocycles. The summed E-state index contributed by atoms with van der Waals surface area (Å²) in [6.07, 6.45) is 9.92. The number of amides is 2. The smallest absolute Gasteiger partial charge is 0.251 e. The molecule has 1 fully saturated rings. The van der Waals surface area contributed by atoms with Gasteiger partial charge in [-0.3, -0.25) is 14.4 Å². The average Bonchev–Trinajstić information content (AvgIpc) is 3.18. The molecule has 6 nitrogen and oxygen atoms in total. The first kappa shape index (κ1) is 30.0. The van der Waals surface area contributed by atoms with E-state index in [1.807, 2.05) is 38.1 Å². The van der Waals surface area contributed by atoms with E-state index in [4.69, 9.17) is 0 Å². The van der Waals surface area contributed by atoms with E-state index >= 15 is 0 Å². The maximum Gasteiger partial charge on any atom is 0.251 e. The Labute approximate surface area is 240 Å². The molecule has 1 heterocycles. The van der Waals surface area contributed by atoms with Crippen molar-refractivity contribution in [2.45, 2.75) is 84.1 Å². The van der Waals surface area contributed by atoms with Crippen molar-refractivity contribution >= 4 is 17.6 Å². The van der Waals surface area contributed by atoms with E-state index in [1.165, 1.54) is 30.4 Å². The summed E-state index contributed by atoms with van der Waals surface area (Å²) in [5, 5.41) is 6.17. The van der Waals surface area contributed by atoms with Gasteiger partial charge in [-0.2, -0.15) is 0 Å². The fraction of sp³-hybridized carbons (Fsp3) is 0.559. The zero-order valence-corrected chi connectivity index (χ0v) is 24.4. The zero-order valence-electron chi connectivity index (χ0n) is 24.4. The molecular formula is C34H47N3O3. The molecule has 0 unspecified atom stereocenters. The molecule has 0 atom stereocenters. The van der Waals surface area contributed by atoms with Crippen molar-refractivity contribution in [3.05, 3.63) is 70.8 Å². The summed E-state index contributed by atoms with van der Waals surface area (Å²) in [7, 11) is 0. The summed E-state index contributed by atoms with van der Waals surface area (Å²) in [6.45, 7) is 7.81. The Morgan fingerprint density at radius 1 is 0.875 bits per heavy atom. The highest BCUT2D eigenvalue weighted by Crippen LogP contribution is 2.28. The number of hydrogen-bond donors (Lipinski definition) is 2. The number of Topliss-reactive ketones (excluding diaryl/α,β-unsaturated/α-hetero) is 1. The summed E-state index contributed by atoms with van der Waals surface area (Å²) in [5.74, 6) is 1.09. The van der Waals surface area contributed by atoms with Crippen molar-refractivity contribution in [2.24, 2.45) is 11.8 Å². The van der Waals surface area contributed by atoms with Gasteiger partial charge in [-0.1, -0.05) is 44.2 Å². The van der Waals surface area contributed by atoms with Gasteiger partial charge in [0.2, 0.25) is 5.91 Å². The summed E-state index contributed by atoms with van der Waals surface area (Å²) in [5.41, 5.74) is 4.28. The third kappa shape index (κ3) is 9.02. The Bertz CT molecular complexity index is 1120. The number of carbonyl (C=O) groups excluding carboxylic acids is 3. The molecule has 40 heavy (non-hydrogen) atoms. The molecule has 0 bridgehead atoms. The number of ketones is 1. The average molecular weight is 546 g/mol. The van der Waals surface area contributed by atoms with E-state index in [1.54, 1.807) is 12.1 Å². The first-order valence-corrected chi connectivity index (χ1v) is 15.4. The van der Waals surface area contributed by atoms with Crippen molar-refractivity contribution < 1.29 is 14.4 Å². The number of nitrogens with zero attached hydrogens (tertiary/aromatic N) is 1. The quantitative estimate of drug-likeness (QED) is 0.269. The molecular weight excluding hydrogens is 498 g/mol. The van der Waals surface area contributed by atoms with Gasteiger partial charge in [0.05, 0.1) is 0 Å². The summed E-state index contributed by atoms with van der Waals surface area (Å²) >= 11 is 0. The number of hydrogen-bond acceptors (Lipinski definition) is 4. The highest BCUT2D eigenvalue weighted by atomic mass is 16.2. The molecule has 0 spiro atoms. The molecule has 2 aliphatic rings. The Hall–Kier alpha value is -2.99. The fourth-order valence-electron chi connectivity index (χ4n) is 6.05. The van der Waals surface area contributed by atoms with Crippen LogP contribution in [0.1, 0.15) is 97.1 Å². The highest BCUT2D eigenvalue weighted by Gasteiger charge is 2.24. The lowest BCUT2D eigenvalue weighted by Crippen LogP contribution is -2.38. The molecule has 2 N–H and O–H groups in total. The molecule has 1 aliphatic carbocycles. The van der Waals surface area contributed by atoms with Crippen LogP contribution >= 0.6 is 0 Å². The Morgan fingerprint density at radius 2 is 1.60 bits per heavy atom. The van der Waals surface area contributed by atoms with Crippen LogP contribution in [0.25, 0.3) is 0 Å². The Balaban J connectivity index is 1.07. The number of carbonyl (C=O) groups is 3. The van der Waals surface area contributed by atoms with Crippen LogP contribution in [-0.2, 0) is 17.6 Å². The summed E-state index contributed by atoms with van der Waals surface area (Å²) in [6, 6.07) is 15.9. The molecule has 4 rings (SSSR count). The minimum Gasteiger partial charge on any atom is -0.353 e. The fourth-order valence-corrected chi connectivity index (χ4v) is 6.05. The summed E-state index contributed by atoms with van der Waals surface area (Å²) < 4.78 is 0. The second kappa shape index (κ2) is 15.1. The second-order valence-electron chi connectivity index (χ2n) is 12.0. The second-order valence-corrected chi connectivity index (χ2v) is 12.0. The van der Waals surface area contributed by atoms with Gasteiger partial charge in [-0.25, -0.2) is 0 Å². The lowest BCUT2D eigenvalue weighted by molar-refractivity contribution is -0.122. The molecule has 2 amide bonds. The van der Waals surface area contributed by atoms with Crippen LogP contribution in [-0.4, -0.2) is 54.7 Å². The van der Waals surface area contributed by atoms with Gasteiger partial charge < -0.3 is 15.5 Å². The van der Waals surface area contributed by atoms with Gasteiger partial charge in [0.1, 0.15) is 0 Å². The highest BCUT2D eigenvalue weighted by molar-refractivity contribution is 5.97. The largest absolute Gasteiger partial charge is 0.353 e. The first-order valence-electron chi connectivity index (χ1n) is 15.4. The SMILES string of the molecule is CC(C)C(=O)c1ccc2c(c1)CCN(CCC1CCC(NC(=O)CCCCNC(=O)c3ccccc3)CC1)CC2. The lowest BCUT2D eigenvalue weighted by atomic mass is 9.84. The topological polar surface area (TPSA) is 78.5 Å². The molecule has 216 valence electrons. The van der Waals surface area contributed by atoms with Crippen LogP contribution < -0.4 is 10.6 Å². The Morgan fingerprint density at radius 3 is 2.33 bits per heavy atom. The van der Waals surface area contributed by atoms with Crippen LogP contribution in [0.3, 0.4) is 0 Å². The third-order valence-electron chi connectivity index (χ3n) is 8.63. The van der Waals surface area contributed by atoms with E-state index in [9.17, 15) is 14.4 Å². The monoisotopic (exact) mass is 545 g/mol. The minimum absolute atomic E-state index is 0.0368. The summed E-state index contributed by atoms with van der Waals surface area (Å²) in [4.78, 5) is 39.5. The van der Waals surface area contributed by atoms with Crippen LogP contribution in [0.2, 0.25) is 0 Å². The number of fused-ring (bicyclic) bond motifs is 1. The van der Waals surface area contributed by atoms with Gasteiger partial charge in [0.15, 0.2) is 5.78 Å². The van der Waals surface area contributed by atoms with Crippen molar-refractivity contribution in [2.75, 3.05) is 26.2 Å². The maximum absolute atomic E-state index is 12.4. The van der Waals surface area contributed by atoms with Crippen molar-refractivity contribution in [1.29, 1.82) is 0 Å². The van der Waals surface area contributed by atoms with Gasteiger partial charge >= 0.3 is 0 Å². The molecule has 2 aromatic carbocycles. The van der Waals surface area contributed by atoms with Crippen LogP contribution in [0, 0.1) is 11.8 Å². The number of rotatable bonds is 12. The van der Waals surface area contributed by atoms with Gasteiger partial charge in [0, 0.05) is 49.1 Å². The Kier molecular flexibility index (Phi) is 11.3. The van der Waals surface area contributed by atoms with E-state index in [-0.39, 0.29) is 23.5 Å². The molecule has 2 aromatic rings. The molecule has 0 radical (unpaired) electrons. The number of unbranched alkanes of at least 4 members (excludes halogenated alkanes) is 1. The predicted octanol–water partition coefficient (Wildman–Crippen LogP) is 5.59. The van der Waals surface area contributed by atoms with E-state index < -0.39 is 0 Å². The van der Waals surface area contributed by atoms with Crippen LogP contribution in [0.5, 0.6) is 0 Å².